The molecule has 3 aromatic rings. The van der Waals surface area contributed by atoms with Crippen molar-refractivity contribution in [3.8, 4) is 0 Å². The molecule has 21 heavy (non-hydrogen) atoms. The number of para-hydroxylation sites is 1. The molecule has 1 N–H and O–H groups in total. The summed E-state index contributed by atoms with van der Waals surface area (Å²) in [6, 6.07) is 14.0. The zero-order valence-corrected chi connectivity index (χ0v) is 11.6. The van der Waals surface area contributed by atoms with Gasteiger partial charge in [0.15, 0.2) is 5.78 Å². The van der Waals surface area contributed by atoms with E-state index in [0.717, 1.165) is 16.6 Å². The van der Waals surface area contributed by atoms with E-state index in [1.54, 1.807) is 18.2 Å². The quantitative estimate of drug-likeness (QED) is 0.555. The Kier molecular flexibility index (Phi) is 3.40. The SMILES string of the molecule is Cc1[nH]c2ccccc2c1C(=O)C=Cc1ccccc1F. The summed E-state index contributed by atoms with van der Waals surface area (Å²) in [5.41, 5.74) is 2.79. The molecular weight excluding hydrogens is 265 g/mol. The molecule has 0 amide bonds. The van der Waals surface area contributed by atoms with Crippen molar-refractivity contribution in [1.82, 2.24) is 4.98 Å². The molecular formula is C18H14FNO. The molecule has 0 aliphatic heterocycles. The van der Waals surface area contributed by atoms with Crippen LogP contribution < -0.4 is 0 Å². The minimum absolute atomic E-state index is 0.131. The Labute approximate surface area is 121 Å². The van der Waals surface area contributed by atoms with Gasteiger partial charge in [-0.25, -0.2) is 4.39 Å². The van der Waals surface area contributed by atoms with Crippen molar-refractivity contribution in [3.05, 3.63) is 77.2 Å². The summed E-state index contributed by atoms with van der Waals surface area (Å²) < 4.78 is 13.5. The predicted molar refractivity (Wildman–Crippen MR) is 82.8 cm³/mol. The Bertz CT molecular complexity index is 845. The average Bonchev–Trinajstić information content (AvgIpc) is 2.82. The van der Waals surface area contributed by atoms with E-state index in [1.165, 1.54) is 18.2 Å². The van der Waals surface area contributed by atoms with Gasteiger partial charge in [0.1, 0.15) is 5.82 Å². The first-order valence-corrected chi connectivity index (χ1v) is 6.71. The number of aromatic amines is 1. The highest BCUT2D eigenvalue weighted by molar-refractivity contribution is 6.15. The van der Waals surface area contributed by atoms with Gasteiger partial charge in [-0.2, -0.15) is 0 Å². The van der Waals surface area contributed by atoms with E-state index in [9.17, 15) is 9.18 Å². The molecule has 0 bridgehead atoms. The second-order valence-electron chi connectivity index (χ2n) is 4.89. The van der Waals surface area contributed by atoms with E-state index >= 15 is 0 Å². The molecule has 2 aromatic carbocycles. The molecule has 1 aromatic heterocycles. The van der Waals surface area contributed by atoms with Gasteiger partial charge in [0.2, 0.25) is 0 Å². The molecule has 0 unspecified atom stereocenters. The fraction of sp³-hybridized carbons (Fsp3) is 0.0556. The van der Waals surface area contributed by atoms with Crippen molar-refractivity contribution < 1.29 is 9.18 Å². The van der Waals surface area contributed by atoms with Crippen molar-refractivity contribution >= 4 is 22.8 Å². The summed E-state index contributed by atoms with van der Waals surface area (Å²) in [5, 5.41) is 0.887. The maximum Gasteiger partial charge on any atom is 0.188 e. The third kappa shape index (κ3) is 2.50. The normalized spacial score (nSPS) is 11.3. The van der Waals surface area contributed by atoms with Crippen LogP contribution in [0.2, 0.25) is 0 Å². The Balaban J connectivity index is 1.98. The van der Waals surface area contributed by atoms with Crippen LogP contribution >= 0.6 is 0 Å². The maximum absolute atomic E-state index is 13.5. The van der Waals surface area contributed by atoms with Crippen LogP contribution in [0.25, 0.3) is 17.0 Å². The molecule has 104 valence electrons. The summed E-state index contributed by atoms with van der Waals surface area (Å²) in [4.78, 5) is 15.6. The van der Waals surface area contributed by atoms with Gasteiger partial charge in [-0.15, -0.1) is 0 Å². The highest BCUT2D eigenvalue weighted by Gasteiger charge is 2.13. The van der Waals surface area contributed by atoms with E-state index < -0.39 is 0 Å². The molecule has 1 heterocycles. The van der Waals surface area contributed by atoms with E-state index in [4.69, 9.17) is 0 Å². The minimum atomic E-state index is -0.336. The lowest BCUT2D eigenvalue weighted by atomic mass is 10.1. The molecule has 0 saturated heterocycles. The third-order valence-electron chi connectivity index (χ3n) is 3.46. The summed E-state index contributed by atoms with van der Waals surface area (Å²) in [6.07, 6.45) is 2.93. The third-order valence-corrected chi connectivity index (χ3v) is 3.46. The molecule has 0 fully saturated rings. The molecule has 3 heteroatoms. The van der Waals surface area contributed by atoms with Crippen LogP contribution in [0.4, 0.5) is 4.39 Å². The summed E-state index contributed by atoms with van der Waals surface area (Å²) in [7, 11) is 0. The monoisotopic (exact) mass is 279 g/mol. The molecule has 0 aliphatic carbocycles. The van der Waals surface area contributed by atoms with Crippen LogP contribution in [0.5, 0.6) is 0 Å². The second-order valence-corrected chi connectivity index (χ2v) is 4.89. The molecule has 0 spiro atoms. The first-order chi connectivity index (χ1) is 10.2. The molecule has 0 radical (unpaired) electrons. The van der Waals surface area contributed by atoms with Crippen molar-refractivity contribution in [2.24, 2.45) is 0 Å². The number of aryl methyl sites for hydroxylation is 1. The lowest BCUT2D eigenvalue weighted by Crippen LogP contribution is -1.95. The number of benzene rings is 2. The average molecular weight is 279 g/mol. The largest absolute Gasteiger partial charge is 0.358 e. The first kappa shape index (κ1) is 13.3. The number of allylic oxidation sites excluding steroid dienone is 1. The fourth-order valence-electron chi connectivity index (χ4n) is 2.45. The van der Waals surface area contributed by atoms with Gasteiger partial charge in [0.25, 0.3) is 0 Å². The van der Waals surface area contributed by atoms with Crippen LogP contribution in [-0.4, -0.2) is 10.8 Å². The fourth-order valence-corrected chi connectivity index (χ4v) is 2.45. The van der Waals surface area contributed by atoms with Crippen molar-refractivity contribution in [3.63, 3.8) is 0 Å². The lowest BCUT2D eigenvalue weighted by Gasteiger charge is -1.97. The van der Waals surface area contributed by atoms with Gasteiger partial charge < -0.3 is 4.98 Å². The first-order valence-electron chi connectivity index (χ1n) is 6.71. The Hall–Kier alpha value is -2.68. The number of nitrogens with one attached hydrogen (secondary N) is 1. The molecule has 0 aliphatic rings. The van der Waals surface area contributed by atoms with Crippen molar-refractivity contribution in [2.75, 3.05) is 0 Å². The number of rotatable bonds is 3. The number of carbonyl (C=O) groups is 1. The van der Waals surface area contributed by atoms with Crippen LogP contribution in [0.3, 0.4) is 0 Å². The topological polar surface area (TPSA) is 32.9 Å². The van der Waals surface area contributed by atoms with E-state index in [-0.39, 0.29) is 11.6 Å². The van der Waals surface area contributed by atoms with Gasteiger partial charge in [0.05, 0.1) is 5.56 Å². The lowest BCUT2D eigenvalue weighted by molar-refractivity contribution is 0.104. The maximum atomic E-state index is 13.5. The van der Waals surface area contributed by atoms with Gasteiger partial charge in [0, 0.05) is 22.2 Å². The van der Waals surface area contributed by atoms with Gasteiger partial charge in [-0.05, 0) is 31.2 Å². The number of carbonyl (C=O) groups excluding carboxylic acids is 1. The van der Waals surface area contributed by atoms with Crippen LogP contribution in [0.1, 0.15) is 21.6 Å². The second kappa shape index (κ2) is 5.37. The number of ketones is 1. The zero-order chi connectivity index (χ0) is 14.8. The Morgan fingerprint density at radius 2 is 1.81 bits per heavy atom. The number of halogens is 1. The number of hydrogen-bond donors (Lipinski definition) is 1. The van der Waals surface area contributed by atoms with Crippen LogP contribution in [-0.2, 0) is 0 Å². The number of H-pyrrole nitrogens is 1. The number of hydrogen-bond acceptors (Lipinski definition) is 1. The van der Waals surface area contributed by atoms with Gasteiger partial charge in [-0.3, -0.25) is 4.79 Å². The number of fused-ring (bicyclic) bond motifs is 1. The van der Waals surface area contributed by atoms with Crippen LogP contribution in [0, 0.1) is 12.7 Å². The Morgan fingerprint density at radius 1 is 1.10 bits per heavy atom. The zero-order valence-electron chi connectivity index (χ0n) is 11.6. The Morgan fingerprint density at radius 3 is 2.62 bits per heavy atom. The standard InChI is InChI=1S/C18H14FNO/c1-12-18(14-7-3-5-9-16(14)20-12)17(21)11-10-13-6-2-4-8-15(13)19/h2-11,20H,1H3. The summed E-state index contributed by atoms with van der Waals surface area (Å²) in [5.74, 6) is -0.467. The number of aromatic nitrogens is 1. The molecule has 3 rings (SSSR count). The van der Waals surface area contributed by atoms with Gasteiger partial charge in [-0.1, -0.05) is 36.4 Å². The summed E-state index contributed by atoms with van der Waals surface area (Å²) in [6.45, 7) is 1.87. The highest BCUT2D eigenvalue weighted by Crippen LogP contribution is 2.23. The molecule has 0 atom stereocenters. The van der Waals surface area contributed by atoms with E-state index in [1.807, 2.05) is 31.2 Å². The molecule has 0 saturated carbocycles. The summed E-state index contributed by atoms with van der Waals surface area (Å²) >= 11 is 0. The molecule has 2 nitrogen and oxygen atoms in total. The van der Waals surface area contributed by atoms with Crippen LogP contribution in [0.15, 0.2) is 54.6 Å². The highest BCUT2D eigenvalue weighted by atomic mass is 19.1. The minimum Gasteiger partial charge on any atom is -0.358 e. The predicted octanol–water partition coefficient (Wildman–Crippen LogP) is 4.51. The van der Waals surface area contributed by atoms with Gasteiger partial charge >= 0.3 is 0 Å². The van der Waals surface area contributed by atoms with Crippen molar-refractivity contribution in [2.45, 2.75) is 6.92 Å². The smallest absolute Gasteiger partial charge is 0.188 e. The van der Waals surface area contributed by atoms with E-state index in [0.29, 0.717) is 11.1 Å². The van der Waals surface area contributed by atoms with E-state index in [2.05, 4.69) is 4.98 Å². The van der Waals surface area contributed by atoms with Crippen molar-refractivity contribution in [1.29, 1.82) is 0 Å².